The van der Waals surface area contributed by atoms with Gasteiger partial charge in [-0.2, -0.15) is 0 Å². The van der Waals surface area contributed by atoms with E-state index in [0.29, 0.717) is 5.56 Å². The van der Waals surface area contributed by atoms with Crippen LogP contribution < -0.4 is 0 Å². The predicted octanol–water partition coefficient (Wildman–Crippen LogP) is 2.76. The quantitative estimate of drug-likeness (QED) is 0.691. The Morgan fingerprint density at radius 2 is 1.93 bits per heavy atom. The van der Waals surface area contributed by atoms with Crippen LogP contribution in [0, 0.1) is 13.7 Å². The van der Waals surface area contributed by atoms with Crippen LogP contribution in [0.3, 0.4) is 0 Å². The molecule has 0 aliphatic carbocycles. The molecule has 2 rings (SSSR count). The van der Waals surface area contributed by atoms with Gasteiger partial charge < -0.3 is 0 Å². The summed E-state index contributed by atoms with van der Waals surface area (Å²) in [5.74, 6) is -0.454. The van der Waals surface area contributed by atoms with Gasteiger partial charge in [0.15, 0.2) is 0 Å². The van der Waals surface area contributed by atoms with Gasteiger partial charge in [0, 0.05) is 19.5 Å². The lowest BCUT2D eigenvalue weighted by Crippen LogP contribution is -1.93. The van der Waals surface area contributed by atoms with Crippen molar-refractivity contribution in [1.29, 1.82) is 0 Å². The molecule has 0 fully saturated rings. The highest BCUT2D eigenvalue weighted by atomic mass is 14.9. The van der Waals surface area contributed by atoms with Crippen LogP contribution >= 0.6 is 0 Å². The fourth-order valence-electron chi connectivity index (χ4n) is 1.20. The lowest BCUT2D eigenvalue weighted by molar-refractivity contribution is 1.02. The molecule has 1 aromatic carbocycles. The maximum absolute atomic E-state index is 7.39. The molecule has 1 aromatic heterocycles. The predicted molar refractivity (Wildman–Crippen MR) is 56.9 cm³/mol. The minimum absolute atomic E-state index is 0.266. The number of rotatable bonds is 1. The van der Waals surface area contributed by atoms with Crippen molar-refractivity contribution in [3.63, 3.8) is 0 Å². The van der Waals surface area contributed by atoms with E-state index in [2.05, 4.69) is 9.97 Å². The second kappa shape index (κ2) is 3.58. The number of aromatic nitrogens is 2. The van der Waals surface area contributed by atoms with Crippen molar-refractivity contribution >= 4 is 0 Å². The molecule has 0 saturated carbocycles. The molecule has 70 valence electrons. The Morgan fingerprint density at radius 1 is 1.07 bits per heavy atom. The Bertz CT molecular complexity index is 571. The van der Waals surface area contributed by atoms with Crippen LogP contribution in [-0.2, 0) is 0 Å². The molecule has 0 bridgehead atoms. The van der Waals surface area contributed by atoms with Crippen LogP contribution in [-0.4, -0.2) is 9.97 Å². The van der Waals surface area contributed by atoms with E-state index in [9.17, 15) is 0 Å². The molecule has 1 heterocycles. The van der Waals surface area contributed by atoms with E-state index in [4.69, 9.17) is 8.22 Å². The van der Waals surface area contributed by atoms with Gasteiger partial charge in [-0.3, -0.25) is 0 Å². The van der Waals surface area contributed by atoms with E-state index in [1.54, 1.807) is 30.3 Å². The highest BCUT2D eigenvalue weighted by Crippen LogP contribution is 2.16. The third-order valence-corrected chi connectivity index (χ3v) is 1.80. The highest BCUT2D eigenvalue weighted by Gasteiger charge is 2.00. The van der Waals surface area contributed by atoms with Crippen LogP contribution in [0.25, 0.3) is 11.3 Å². The number of hydrogen-bond acceptors (Lipinski definition) is 2. The fourth-order valence-corrected chi connectivity index (χ4v) is 1.20. The Labute approximate surface area is 92.1 Å². The van der Waals surface area contributed by atoms with Crippen LogP contribution in [0.2, 0.25) is 0 Å². The lowest BCUT2D eigenvalue weighted by atomic mass is 10.1. The van der Waals surface area contributed by atoms with Crippen molar-refractivity contribution in [3.05, 3.63) is 47.9 Å². The summed E-state index contributed by atoms with van der Waals surface area (Å²) in [5, 5.41) is 0. The lowest BCUT2D eigenvalue weighted by Gasteiger charge is -2.02. The zero-order valence-corrected chi connectivity index (χ0v) is 7.36. The average Bonchev–Trinajstić information content (AvgIpc) is 2.37. The van der Waals surface area contributed by atoms with Gasteiger partial charge in [0.1, 0.15) is 5.82 Å². The summed E-state index contributed by atoms with van der Waals surface area (Å²) in [6, 6.07) is 10.1. The molecule has 2 nitrogen and oxygen atoms in total. The van der Waals surface area contributed by atoms with Gasteiger partial charge in [0.25, 0.3) is 0 Å². The zero-order chi connectivity index (χ0) is 15.0. The third-order valence-electron chi connectivity index (χ3n) is 1.80. The van der Waals surface area contributed by atoms with Crippen molar-refractivity contribution < 1.29 is 8.22 Å². The summed E-state index contributed by atoms with van der Waals surface area (Å²) in [7, 11) is 0. The SMILES string of the molecule is [2H]C([2H])([2H])c1cc(-c2ccccc2)nc(C([2H])([2H])[2H])n1. The first-order valence-electron chi connectivity index (χ1n) is 7.13. The van der Waals surface area contributed by atoms with Gasteiger partial charge in [-0.1, -0.05) is 30.3 Å². The van der Waals surface area contributed by atoms with E-state index in [-0.39, 0.29) is 11.4 Å². The molecule has 2 aromatic rings. The zero-order valence-electron chi connectivity index (χ0n) is 13.4. The summed E-state index contributed by atoms with van der Waals surface area (Å²) < 4.78 is 44.3. The first kappa shape index (κ1) is 4.22. The first-order chi connectivity index (χ1) is 9.18. The Hall–Kier alpha value is -1.70. The minimum Gasteiger partial charge on any atom is -0.239 e. The standard InChI is InChI=1S/C12H12N2/c1-9-8-12(14-10(2)13-9)11-6-4-3-5-7-11/h3-8H,1-2H3/i1D3,2D3. The number of aryl methyl sites for hydroxylation is 2. The van der Waals surface area contributed by atoms with E-state index in [1.165, 1.54) is 6.07 Å². The van der Waals surface area contributed by atoms with Crippen LogP contribution in [0.4, 0.5) is 0 Å². The minimum atomic E-state index is -2.55. The molecular weight excluding hydrogens is 172 g/mol. The Balaban J connectivity index is 2.64. The number of nitrogens with zero attached hydrogens (tertiary/aromatic N) is 2. The molecule has 0 atom stereocenters. The smallest absolute Gasteiger partial charge is 0.126 e. The fraction of sp³-hybridized carbons (Fsp3) is 0.167. The van der Waals surface area contributed by atoms with Crippen LogP contribution in [0.5, 0.6) is 0 Å². The van der Waals surface area contributed by atoms with E-state index in [1.807, 2.05) is 0 Å². The summed E-state index contributed by atoms with van der Waals surface area (Å²) in [5.41, 5.74) is 0.668. The average molecular weight is 190 g/mol. The van der Waals surface area contributed by atoms with Gasteiger partial charge in [0.2, 0.25) is 0 Å². The Morgan fingerprint density at radius 3 is 2.64 bits per heavy atom. The molecule has 14 heavy (non-hydrogen) atoms. The molecule has 0 saturated heterocycles. The van der Waals surface area contributed by atoms with Crippen LogP contribution in [0.1, 0.15) is 19.7 Å². The maximum atomic E-state index is 7.39. The molecule has 0 spiro atoms. The van der Waals surface area contributed by atoms with Crippen molar-refractivity contribution in [2.75, 3.05) is 0 Å². The maximum Gasteiger partial charge on any atom is 0.126 e. The van der Waals surface area contributed by atoms with Gasteiger partial charge in [-0.15, -0.1) is 0 Å². The third kappa shape index (κ3) is 1.79. The normalized spacial score (nSPS) is 18.3. The topological polar surface area (TPSA) is 25.8 Å². The van der Waals surface area contributed by atoms with Gasteiger partial charge in [0.05, 0.1) is 5.69 Å². The molecule has 0 aliphatic heterocycles. The molecular formula is C12H12N2. The second-order valence-electron chi connectivity index (χ2n) is 2.83. The summed E-state index contributed by atoms with van der Waals surface area (Å²) in [6.45, 7) is -5.03. The second-order valence-corrected chi connectivity index (χ2v) is 2.83. The van der Waals surface area contributed by atoms with Gasteiger partial charge in [-0.05, 0) is 19.8 Å². The molecule has 0 unspecified atom stereocenters. The summed E-state index contributed by atoms with van der Waals surface area (Å²) in [4.78, 5) is 7.63. The van der Waals surface area contributed by atoms with Crippen LogP contribution in [0.15, 0.2) is 36.4 Å². The van der Waals surface area contributed by atoms with Crippen molar-refractivity contribution in [2.24, 2.45) is 0 Å². The molecule has 0 aliphatic rings. The van der Waals surface area contributed by atoms with E-state index in [0.717, 1.165) is 0 Å². The highest BCUT2D eigenvalue weighted by molar-refractivity contribution is 5.58. The first-order valence-corrected chi connectivity index (χ1v) is 4.13. The van der Waals surface area contributed by atoms with Gasteiger partial charge >= 0.3 is 0 Å². The number of hydrogen-bond donors (Lipinski definition) is 0. The number of benzene rings is 1. The summed E-state index contributed by atoms with van der Waals surface area (Å²) in [6.07, 6.45) is 0. The monoisotopic (exact) mass is 190 g/mol. The Kier molecular flexibility index (Phi) is 1.08. The molecule has 0 radical (unpaired) electrons. The largest absolute Gasteiger partial charge is 0.239 e. The molecule has 0 N–H and O–H groups in total. The molecule has 0 amide bonds. The van der Waals surface area contributed by atoms with Crippen molar-refractivity contribution in [3.8, 4) is 11.3 Å². The van der Waals surface area contributed by atoms with E-state index < -0.39 is 19.5 Å². The molecule has 2 heteroatoms. The van der Waals surface area contributed by atoms with Gasteiger partial charge in [-0.25, -0.2) is 9.97 Å². The van der Waals surface area contributed by atoms with Crippen molar-refractivity contribution in [2.45, 2.75) is 13.7 Å². The summed E-state index contributed by atoms with van der Waals surface area (Å²) >= 11 is 0. The van der Waals surface area contributed by atoms with Crippen molar-refractivity contribution in [1.82, 2.24) is 9.97 Å². The van der Waals surface area contributed by atoms with E-state index >= 15 is 0 Å².